The largest absolute Gasteiger partial charge is 0.480 e. The van der Waals surface area contributed by atoms with Crippen LogP contribution in [0.2, 0.25) is 0 Å². The van der Waals surface area contributed by atoms with Gasteiger partial charge in [-0.05, 0) is 54.6 Å². The van der Waals surface area contributed by atoms with Crippen molar-refractivity contribution in [1.82, 2.24) is 15.3 Å². The fraction of sp³-hybridized carbons (Fsp3) is 0.435. The van der Waals surface area contributed by atoms with Gasteiger partial charge in [-0.2, -0.15) is 5.26 Å². The van der Waals surface area contributed by atoms with E-state index < -0.39 is 11.7 Å². The molecule has 0 aromatic carbocycles. The number of carbonyl (C=O) groups excluding carboxylic acids is 2. The molecule has 0 radical (unpaired) electrons. The van der Waals surface area contributed by atoms with Gasteiger partial charge in [-0.1, -0.05) is 0 Å². The van der Waals surface area contributed by atoms with Crippen molar-refractivity contribution in [1.29, 1.82) is 5.26 Å². The highest BCUT2D eigenvalue weighted by Gasteiger charge is 2.54. The second kappa shape index (κ2) is 7.42. The fourth-order valence-corrected chi connectivity index (χ4v) is 5.30. The Kier molecular flexibility index (Phi) is 4.48. The van der Waals surface area contributed by atoms with Crippen LogP contribution < -0.4 is 20.3 Å². The average molecular weight is 450 g/mol. The first-order valence-electron chi connectivity index (χ1n) is 11.1. The van der Waals surface area contributed by atoms with Crippen LogP contribution in [-0.2, 0) is 22.4 Å². The lowest BCUT2D eigenvalue weighted by Crippen LogP contribution is -2.56. The van der Waals surface area contributed by atoms with E-state index in [1.807, 2.05) is 6.07 Å². The van der Waals surface area contributed by atoms with Gasteiger partial charge in [0.15, 0.2) is 18.2 Å². The topological polar surface area (TPSA) is 129 Å². The number of pyridine rings is 2. The van der Waals surface area contributed by atoms with Crippen molar-refractivity contribution in [3.63, 3.8) is 0 Å². The number of hydrogen-bond acceptors (Lipinski definition) is 8. The van der Waals surface area contributed by atoms with Gasteiger partial charge >= 0.3 is 6.09 Å². The summed E-state index contributed by atoms with van der Waals surface area (Å²) in [4.78, 5) is 34.2. The smallest absolute Gasteiger partial charge is 0.416 e. The summed E-state index contributed by atoms with van der Waals surface area (Å²) in [5.74, 6) is 1.40. The maximum Gasteiger partial charge on any atom is 0.416 e. The molecule has 4 aliphatic rings. The molecule has 1 spiro atoms. The van der Waals surface area contributed by atoms with Crippen LogP contribution >= 0.6 is 0 Å². The van der Waals surface area contributed by atoms with E-state index in [2.05, 4.69) is 26.7 Å². The lowest BCUT2D eigenvalue weighted by atomic mass is 9.75. The molecule has 172 valence electrons. The maximum atomic E-state index is 12.6. The number of rotatable bonds is 4. The molecule has 6 rings (SSSR count). The van der Waals surface area contributed by atoms with E-state index >= 15 is 0 Å². The van der Waals surface area contributed by atoms with Crippen LogP contribution in [0.3, 0.4) is 0 Å². The van der Waals surface area contributed by atoms with Crippen molar-refractivity contribution in [2.45, 2.75) is 37.3 Å². The van der Waals surface area contributed by atoms with Crippen molar-refractivity contribution in [3.05, 3.63) is 41.2 Å². The summed E-state index contributed by atoms with van der Waals surface area (Å²) in [7, 11) is 0. The van der Waals surface area contributed by atoms with Crippen LogP contribution in [-0.4, -0.2) is 53.3 Å². The first-order valence-corrected chi connectivity index (χ1v) is 11.1. The van der Waals surface area contributed by atoms with Gasteiger partial charge < -0.3 is 20.1 Å². The zero-order valence-electron chi connectivity index (χ0n) is 17.8. The Bertz CT molecular complexity index is 1210. The number of nitrogens with one attached hydrogen (secondary N) is 2. The maximum absolute atomic E-state index is 12.6. The summed E-state index contributed by atoms with van der Waals surface area (Å²) in [5.41, 5.74) is 2.33. The Morgan fingerprint density at radius 3 is 3.03 bits per heavy atom. The molecule has 2 amide bonds. The lowest BCUT2D eigenvalue weighted by molar-refractivity contribution is -0.118. The molecule has 2 fully saturated rings. The number of nitrogens with zero attached hydrogens (tertiary/aromatic N) is 4. The molecular formula is C23H26N6O4. The molecule has 2 aromatic heterocycles. The Hall–Kier alpha value is -3.71. The Morgan fingerprint density at radius 1 is 1.30 bits per heavy atom. The predicted octanol–water partition coefficient (Wildman–Crippen LogP) is 2.03. The second-order valence-corrected chi connectivity index (χ2v) is 9.19. The summed E-state index contributed by atoms with van der Waals surface area (Å²) >= 11 is 0. The Balaban J connectivity index is 0.00000144. The van der Waals surface area contributed by atoms with Crippen molar-refractivity contribution >= 4 is 23.6 Å². The predicted molar refractivity (Wildman–Crippen MR) is 120 cm³/mol. The molecule has 0 bridgehead atoms. The fourth-order valence-electron chi connectivity index (χ4n) is 5.30. The van der Waals surface area contributed by atoms with Crippen LogP contribution in [0, 0.1) is 17.2 Å². The highest BCUT2D eigenvalue weighted by Crippen LogP contribution is 2.43. The molecule has 10 heteroatoms. The summed E-state index contributed by atoms with van der Waals surface area (Å²) in [6.07, 6.45) is 4.58. The van der Waals surface area contributed by atoms with Crippen molar-refractivity contribution < 1.29 is 21.9 Å². The van der Waals surface area contributed by atoms with Gasteiger partial charge in [0.2, 0.25) is 0 Å². The first kappa shape index (κ1) is 19.9. The summed E-state index contributed by atoms with van der Waals surface area (Å²) in [6, 6.07) is 7.88. The molecule has 1 saturated carbocycles. The first-order chi connectivity index (χ1) is 16.0. The zero-order chi connectivity index (χ0) is 22.6. The van der Waals surface area contributed by atoms with Gasteiger partial charge in [0.25, 0.3) is 5.91 Å². The standard InChI is InChI=1S/C23H22N6O4.2H2/c24-9-17-16-6-13(5-14(16)3-4-25-17)10-26-15-7-23(8-15)12-29(22(31)33-23)19-2-1-18-21(27-19)28-20(30)11-32-18;;/h1-4,13,15,26H,5-8,10-12H2,(H,27,28,30);2*1H. The zero-order valence-corrected chi connectivity index (χ0v) is 17.8. The van der Waals surface area contributed by atoms with Crippen LogP contribution in [0.15, 0.2) is 24.4 Å². The van der Waals surface area contributed by atoms with E-state index in [1.165, 1.54) is 10.5 Å². The highest BCUT2D eigenvalue weighted by molar-refractivity contribution is 5.95. The number of fused-ring (bicyclic) bond motifs is 2. The minimum absolute atomic E-state index is 0. The van der Waals surface area contributed by atoms with Crippen LogP contribution in [0.25, 0.3) is 0 Å². The van der Waals surface area contributed by atoms with E-state index in [9.17, 15) is 14.9 Å². The minimum atomic E-state index is -0.511. The quantitative estimate of drug-likeness (QED) is 0.724. The molecule has 1 atom stereocenters. The monoisotopic (exact) mass is 450 g/mol. The molecule has 2 aliphatic heterocycles. The van der Waals surface area contributed by atoms with Crippen LogP contribution in [0.5, 0.6) is 5.75 Å². The van der Waals surface area contributed by atoms with E-state index in [0.29, 0.717) is 35.5 Å². The van der Waals surface area contributed by atoms with E-state index in [4.69, 9.17) is 9.47 Å². The van der Waals surface area contributed by atoms with Gasteiger partial charge in [-0.25, -0.2) is 14.8 Å². The van der Waals surface area contributed by atoms with E-state index in [-0.39, 0.29) is 21.4 Å². The van der Waals surface area contributed by atoms with Gasteiger partial charge in [0.05, 0.1) is 6.54 Å². The van der Waals surface area contributed by atoms with Crippen molar-refractivity contribution in [3.8, 4) is 11.8 Å². The van der Waals surface area contributed by atoms with Gasteiger partial charge in [0, 0.05) is 27.9 Å². The number of aromatic nitrogens is 2. The second-order valence-electron chi connectivity index (χ2n) is 9.19. The molecule has 2 N–H and O–H groups in total. The SMILES string of the molecule is N#Cc1nccc2c1CC(CNC1CC3(C1)CN(c1ccc4c(n1)NC(=O)CO4)C(=O)O3)C2.[HH].[HH]. The van der Waals surface area contributed by atoms with Gasteiger partial charge in [-0.3, -0.25) is 9.69 Å². The average Bonchev–Trinajstić information content (AvgIpc) is 3.37. The van der Waals surface area contributed by atoms with Gasteiger partial charge in [0.1, 0.15) is 23.2 Å². The number of nitriles is 1. The number of ether oxygens (including phenoxy) is 2. The molecule has 33 heavy (non-hydrogen) atoms. The Morgan fingerprint density at radius 2 is 2.18 bits per heavy atom. The highest BCUT2D eigenvalue weighted by atomic mass is 16.6. The lowest BCUT2D eigenvalue weighted by Gasteiger charge is -2.43. The van der Waals surface area contributed by atoms with Crippen molar-refractivity contribution in [2.75, 3.05) is 29.9 Å². The summed E-state index contributed by atoms with van der Waals surface area (Å²) < 4.78 is 11.1. The molecule has 1 unspecified atom stereocenters. The van der Waals surface area contributed by atoms with Crippen LogP contribution in [0.4, 0.5) is 16.4 Å². The Labute approximate surface area is 192 Å². The molecule has 2 aliphatic carbocycles. The third kappa shape index (κ3) is 3.45. The van der Waals surface area contributed by atoms with Crippen molar-refractivity contribution in [2.24, 2.45) is 5.92 Å². The summed E-state index contributed by atoms with van der Waals surface area (Å²) in [6.45, 7) is 1.24. The molecule has 2 aromatic rings. The molecule has 4 heterocycles. The number of hydrogen-bond donors (Lipinski definition) is 2. The molecule has 1 saturated heterocycles. The normalized spacial score (nSPS) is 27.2. The number of amides is 2. The van der Waals surface area contributed by atoms with Crippen LogP contribution in [0.1, 0.15) is 32.5 Å². The van der Waals surface area contributed by atoms with Gasteiger partial charge in [-0.15, -0.1) is 0 Å². The molecule has 10 nitrogen and oxygen atoms in total. The van der Waals surface area contributed by atoms with E-state index in [1.54, 1.807) is 18.3 Å². The number of carbonyl (C=O) groups is 2. The minimum Gasteiger partial charge on any atom is -0.480 e. The third-order valence-electron chi connectivity index (χ3n) is 6.90. The summed E-state index contributed by atoms with van der Waals surface area (Å²) in [5, 5.41) is 15.5. The number of anilines is 2. The molecular weight excluding hydrogens is 424 g/mol. The third-order valence-corrected chi connectivity index (χ3v) is 6.90. The van der Waals surface area contributed by atoms with E-state index in [0.717, 1.165) is 37.8 Å².